The predicted molar refractivity (Wildman–Crippen MR) is 107 cm³/mol. The Balaban J connectivity index is 0.00000576. The molecule has 0 aromatic rings. The first kappa shape index (κ1) is 25.3. The normalized spacial score (nSPS) is 36.2. The molecule has 0 radical (unpaired) electrons. The maximum absolute atomic E-state index is 3.83. The van der Waals surface area contributed by atoms with E-state index >= 15 is 0 Å². The van der Waals surface area contributed by atoms with Gasteiger partial charge in [-0.05, 0) is 52.4 Å². The van der Waals surface area contributed by atoms with E-state index in [9.17, 15) is 0 Å². The van der Waals surface area contributed by atoms with E-state index in [4.69, 9.17) is 0 Å². The van der Waals surface area contributed by atoms with Crippen LogP contribution in [0.15, 0.2) is 0 Å². The molecule has 0 spiro atoms. The van der Waals surface area contributed by atoms with E-state index in [2.05, 4.69) is 62.8 Å². The van der Waals surface area contributed by atoms with Crippen LogP contribution in [0.5, 0.6) is 0 Å². The van der Waals surface area contributed by atoms with Crippen LogP contribution in [0.4, 0.5) is 0 Å². The molecule has 0 amide bonds. The summed E-state index contributed by atoms with van der Waals surface area (Å²) in [5.74, 6) is 0. The fourth-order valence-corrected chi connectivity index (χ4v) is 3.77. The second-order valence-corrected chi connectivity index (χ2v) is 8.21. The fraction of sp³-hybridized carbons (Fsp3) is 1.00. The van der Waals surface area contributed by atoms with E-state index in [0.29, 0.717) is 12.1 Å². The van der Waals surface area contributed by atoms with Crippen LogP contribution in [-0.2, 0) is 16.5 Å². The standard InChI is InChI=1S/C20H44N4.Ni/c1-7-17-15-19(5,9-3)23-14-12-22-18(8-2)16-20(6,10-4)24-13-11-21-17;/h17-18,21-24H,7-16H2,1-6H3;/q;+2. The van der Waals surface area contributed by atoms with Crippen molar-refractivity contribution in [3.8, 4) is 0 Å². The quantitative estimate of drug-likeness (QED) is 0.549. The van der Waals surface area contributed by atoms with E-state index in [1.54, 1.807) is 0 Å². The molecule has 1 rings (SSSR count). The molecular formula is C20H44N4Ni+2. The SMILES string of the molecule is CCC1CC(C)(CC)NCCNC(CC)CC(C)(CC)NCCN1.[Ni+2]. The summed E-state index contributed by atoms with van der Waals surface area (Å²) in [6, 6.07) is 1.19. The molecule has 1 aliphatic heterocycles. The Bertz CT molecular complexity index is 310. The van der Waals surface area contributed by atoms with Gasteiger partial charge in [0.1, 0.15) is 0 Å². The molecule has 0 bridgehead atoms. The molecule has 1 fully saturated rings. The second-order valence-electron chi connectivity index (χ2n) is 8.21. The van der Waals surface area contributed by atoms with Gasteiger partial charge in [0.2, 0.25) is 0 Å². The van der Waals surface area contributed by atoms with E-state index in [1.807, 2.05) is 0 Å². The van der Waals surface area contributed by atoms with Gasteiger partial charge in [0.05, 0.1) is 0 Å². The zero-order chi connectivity index (χ0) is 18.1. The van der Waals surface area contributed by atoms with Crippen molar-refractivity contribution in [1.82, 2.24) is 21.3 Å². The van der Waals surface area contributed by atoms with Gasteiger partial charge in [-0.25, -0.2) is 0 Å². The van der Waals surface area contributed by atoms with Crippen molar-refractivity contribution in [2.45, 2.75) is 103 Å². The van der Waals surface area contributed by atoms with Gasteiger partial charge in [-0.3, -0.25) is 0 Å². The molecule has 25 heavy (non-hydrogen) atoms. The van der Waals surface area contributed by atoms with Crippen molar-refractivity contribution in [2.75, 3.05) is 26.2 Å². The zero-order valence-corrected chi connectivity index (χ0v) is 18.5. The molecular weight excluding hydrogens is 355 g/mol. The molecule has 1 aliphatic rings. The molecule has 1 saturated heterocycles. The van der Waals surface area contributed by atoms with E-state index in [1.165, 1.54) is 38.5 Å². The van der Waals surface area contributed by atoms with Gasteiger partial charge in [0.15, 0.2) is 0 Å². The number of nitrogens with one attached hydrogen (secondary N) is 4. The van der Waals surface area contributed by atoms with Crippen LogP contribution in [0.1, 0.15) is 80.1 Å². The van der Waals surface area contributed by atoms with Crippen molar-refractivity contribution < 1.29 is 16.5 Å². The molecule has 0 saturated carbocycles. The second kappa shape index (κ2) is 12.7. The molecule has 4 nitrogen and oxygen atoms in total. The molecule has 0 aromatic carbocycles. The summed E-state index contributed by atoms with van der Waals surface area (Å²) in [5, 5.41) is 15.2. The van der Waals surface area contributed by atoms with Gasteiger partial charge in [-0.2, -0.15) is 0 Å². The van der Waals surface area contributed by atoms with Gasteiger partial charge in [0, 0.05) is 49.3 Å². The Morgan fingerprint density at radius 1 is 0.680 bits per heavy atom. The maximum Gasteiger partial charge on any atom is 2.00 e. The smallest absolute Gasteiger partial charge is 0.313 e. The molecule has 4 atom stereocenters. The molecule has 1 heterocycles. The molecule has 0 aliphatic carbocycles. The average Bonchev–Trinajstić information content (AvgIpc) is 2.59. The van der Waals surface area contributed by atoms with Gasteiger partial charge in [-0.1, -0.05) is 27.7 Å². The predicted octanol–water partition coefficient (Wildman–Crippen LogP) is 3.03. The number of hydrogen-bond donors (Lipinski definition) is 4. The molecule has 4 unspecified atom stereocenters. The summed E-state index contributed by atoms with van der Waals surface area (Å²) in [6.07, 6.45) is 7.13. The number of rotatable bonds is 4. The van der Waals surface area contributed by atoms with Crippen molar-refractivity contribution in [3.05, 3.63) is 0 Å². The van der Waals surface area contributed by atoms with Gasteiger partial charge < -0.3 is 21.3 Å². The van der Waals surface area contributed by atoms with Crippen LogP contribution in [0.2, 0.25) is 0 Å². The van der Waals surface area contributed by atoms with Crippen LogP contribution in [0, 0.1) is 0 Å². The fourth-order valence-electron chi connectivity index (χ4n) is 3.77. The zero-order valence-electron chi connectivity index (χ0n) is 17.5. The molecule has 5 heteroatoms. The van der Waals surface area contributed by atoms with E-state index in [0.717, 1.165) is 26.2 Å². The van der Waals surface area contributed by atoms with Crippen LogP contribution in [-0.4, -0.2) is 49.3 Å². The van der Waals surface area contributed by atoms with Crippen molar-refractivity contribution in [3.63, 3.8) is 0 Å². The summed E-state index contributed by atoms with van der Waals surface area (Å²) in [6.45, 7) is 18.2. The van der Waals surface area contributed by atoms with Crippen molar-refractivity contribution >= 4 is 0 Å². The topological polar surface area (TPSA) is 48.1 Å². The van der Waals surface area contributed by atoms with Gasteiger partial charge >= 0.3 is 16.5 Å². The number of hydrogen-bond acceptors (Lipinski definition) is 4. The minimum absolute atomic E-state index is 0. The average molecular weight is 399 g/mol. The molecule has 0 aromatic heterocycles. The first-order chi connectivity index (χ1) is 11.4. The molecule has 4 N–H and O–H groups in total. The van der Waals surface area contributed by atoms with Gasteiger partial charge in [-0.15, -0.1) is 0 Å². The summed E-state index contributed by atoms with van der Waals surface area (Å²) < 4.78 is 0. The third-order valence-electron chi connectivity index (χ3n) is 6.16. The van der Waals surface area contributed by atoms with Crippen molar-refractivity contribution in [1.29, 1.82) is 0 Å². The first-order valence-electron chi connectivity index (χ1n) is 10.4. The largest absolute Gasteiger partial charge is 2.00 e. The third kappa shape index (κ3) is 9.19. The van der Waals surface area contributed by atoms with Crippen LogP contribution in [0.3, 0.4) is 0 Å². The van der Waals surface area contributed by atoms with E-state index in [-0.39, 0.29) is 27.6 Å². The summed E-state index contributed by atoms with van der Waals surface area (Å²) in [7, 11) is 0. The Kier molecular flexibility index (Phi) is 12.8. The van der Waals surface area contributed by atoms with E-state index < -0.39 is 0 Å². The van der Waals surface area contributed by atoms with Crippen molar-refractivity contribution in [2.24, 2.45) is 0 Å². The summed E-state index contributed by atoms with van der Waals surface area (Å²) in [5.41, 5.74) is 0.457. The Hall–Kier alpha value is 0.334. The Morgan fingerprint density at radius 3 is 1.32 bits per heavy atom. The minimum atomic E-state index is 0. The monoisotopic (exact) mass is 398 g/mol. The summed E-state index contributed by atoms with van der Waals surface area (Å²) >= 11 is 0. The third-order valence-corrected chi connectivity index (χ3v) is 6.16. The molecule has 152 valence electrons. The summed E-state index contributed by atoms with van der Waals surface area (Å²) in [4.78, 5) is 0. The first-order valence-corrected chi connectivity index (χ1v) is 10.4. The minimum Gasteiger partial charge on any atom is -0.313 e. The Labute approximate surface area is 167 Å². The Morgan fingerprint density at radius 2 is 1.04 bits per heavy atom. The van der Waals surface area contributed by atoms with Crippen LogP contribution >= 0.6 is 0 Å². The maximum atomic E-state index is 3.83. The van der Waals surface area contributed by atoms with Crippen LogP contribution in [0.25, 0.3) is 0 Å². The van der Waals surface area contributed by atoms with Crippen LogP contribution < -0.4 is 21.3 Å². The van der Waals surface area contributed by atoms with Gasteiger partial charge in [0.25, 0.3) is 0 Å².